The Hall–Kier alpha value is -2.58. The van der Waals surface area contributed by atoms with Gasteiger partial charge in [0.25, 0.3) is 0 Å². The van der Waals surface area contributed by atoms with Gasteiger partial charge in [0.2, 0.25) is 5.91 Å². The molecule has 1 aliphatic rings. The Morgan fingerprint density at radius 2 is 1.61 bits per heavy atom. The van der Waals surface area contributed by atoms with Crippen LogP contribution in [0.4, 0.5) is 0 Å². The molecule has 0 spiro atoms. The third-order valence-corrected chi connectivity index (χ3v) is 7.89. The molecule has 1 aliphatic heterocycles. The monoisotopic (exact) mass is 474 g/mol. The number of benzene rings is 2. The van der Waals surface area contributed by atoms with Gasteiger partial charge in [-0.3, -0.25) is 4.79 Å². The predicted molar refractivity (Wildman–Crippen MR) is 129 cm³/mol. The van der Waals surface area contributed by atoms with Gasteiger partial charge in [-0.25, -0.2) is 8.42 Å². The quantitative estimate of drug-likeness (QED) is 0.499. The van der Waals surface area contributed by atoms with Gasteiger partial charge in [-0.15, -0.1) is 0 Å². The van der Waals surface area contributed by atoms with E-state index < -0.39 is 9.84 Å². The van der Waals surface area contributed by atoms with E-state index in [1.54, 1.807) is 38.5 Å². The molecule has 2 aromatic rings. The van der Waals surface area contributed by atoms with Crippen LogP contribution in [0.5, 0.6) is 11.5 Å². The van der Waals surface area contributed by atoms with Crippen molar-refractivity contribution in [3.63, 3.8) is 0 Å². The molecule has 0 N–H and O–H groups in total. The molecule has 8 heteroatoms. The number of hydrogen-bond donors (Lipinski definition) is 0. The van der Waals surface area contributed by atoms with E-state index in [0.717, 1.165) is 30.5 Å². The maximum absolute atomic E-state index is 12.8. The Balaban J connectivity index is 1.44. The fourth-order valence-electron chi connectivity index (χ4n) is 4.17. The average Bonchev–Trinajstić information content (AvgIpc) is 2.96. The molecule has 0 saturated carbocycles. The number of amides is 1. The van der Waals surface area contributed by atoms with Gasteiger partial charge in [0.1, 0.15) is 0 Å². The third kappa shape index (κ3) is 6.71. The summed E-state index contributed by atoms with van der Waals surface area (Å²) in [7, 11) is 1.97. The van der Waals surface area contributed by atoms with Crippen LogP contribution in [0.15, 0.2) is 47.4 Å². The predicted octanol–water partition coefficient (Wildman–Crippen LogP) is 2.82. The van der Waals surface area contributed by atoms with Crippen molar-refractivity contribution in [3.8, 4) is 11.5 Å². The van der Waals surface area contributed by atoms with Gasteiger partial charge < -0.3 is 19.3 Å². The lowest BCUT2D eigenvalue weighted by molar-refractivity contribution is -0.130. The van der Waals surface area contributed by atoms with Gasteiger partial charge in [0.15, 0.2) is 21.3 Å². The van der Waals surface area contributed by atoms with Crippen molar-refractivity contribution in [2.24, 2.45) is 0 Å². The fraction of sp³-hybridized carbons (Fsp3) is 0.480. The molecule has 0 atom stereocenters. The van der Waals surface area contributed by atoms with E-state index in [9.17, 15) is 13.2 Å². The molecule has 7 nitrogen and oxygen atoms in total. The van der Waals surface area contributed by atoms with Crippen molar-refractivity contribution in [2.75, 3.05) is 53.2 Å². The minimum atomic E-state index is -3.24. The van der Waals surface area contributed by atoms with Gasteiger partial charge in [0, 0.05) is 13.1 Å². The van der Waals surface area contributed by atoms with Crippen molar-refractivity contribution in [2.45, 2.75) is 30.6 Å². The second-order valence-corrected chi connectivity index (χ2v) is 10.5. The summed E-state index contributed by atoms with van der Waals surface area (Å²) in [6.07, 6.45) is 2.57. The molecule has 0 aliphatic carbocycles. The first-order chi connectivity index (χ1) is 15.8. The number of sulfone groups is 1. The lowest BCUT2D eigenvalue weighted by Gasteiger charge is -2.22. The number of hydrogen-bond acceptors (Lipinski definition) is 6. The Bertz CT molecular complexity index is 1040. The maximum Gasteiger partial charge on any atom is 0.227 e. The molecule has 0 saturated heterocycles. The summed E-state index contributed by atoms with van der Waals surface area (Å²) in [5.74, 6) is 1.59. The van der Waals surface area contributed by atoms with Crippen LogP contribution in [0.3, 0.4) is 0 Å². The molecule has 0 fully saturated rings. The zero-order valence-corrected chi connectivity index (χ0v) is 20.6. The van der Waals surface area contributed by atoms with Crippen LogP contribution in [-0.2, 0) is 27.5 Å². The van der Waals surface area contributed by atoms with Crippen molar-refractivity contribution < 1.29 is 22.7 Å². The molecular formula is C25H34N2O5S. The number of rotatable bonds is 11. The molecule has 0 aromatic heterocycles. The van der Waals surface area contributed by atoms with Crippen LogP contribution in [0.2, 0.25) is 0 Å². The summed E-state index contributed by atoms with van der Waals surface area (Å²) in [4.78, 5) is 17.2. The minimum Gasteiger partial charge on any atom is -0.493 e. The van der Waals surface area contributed by atoms with E-state index in [2.05, 4.69) is 4.90 Å². The number of ether oxygens (including phenoxy) is 2. The van der Waals surface area contributed by atoms with E-state index >= 15 is 0 Å². The summed E-state index contributed by atoms with van der Waals surface area (Å²) in [6.45, 7) is 2.88. The van der Waals surface area contributed by atoms with Crippen molar-refractivity contribution >= 4 is 15.7 Å². The van der Waals surface area contributed by atoms with Gasteiger partial charge in [-0.2, -0.15) is 0 Å². The second-order valence-electron chi connectivity index (χ2n) is 8.43. The first-order valence-corrected chi connectivity index (χ1v) is 13.0. The molecule has 180 valence electrons. The zero-order chi connectivity index (χ0) is 23.8. The van der Waals surface area contributed by atoms with Gasteiger partial charge in [-0.1, -0.05) is 18.2 Å². The molecule has 0 bridgehead atoms. The Morgan fingerprint density at radius 1 is 0.970 bits per heavy atom. The summed E-state index contributed by atoms with van der Waals surface area (Å²) in [5.41, 5.74) is 2.12. The standard InChI is InChI=1S/C25H34N2O5S/c1-26(13-8-16-33(29,30)22-9-5-4-6-10-22)12-7-14-27-15-11-20-17-23(31-2)24(32-3)18-21(20)19-25(27)28/h4-6,9-10,17-18H,7-8,11-16,19H2,1-3H3. The third-order valence-electron chi connectivity index (χ3n) is 6.07. The largest absolute Gasteiger partial charge is 0.493 e. The average molecular weight is 475 g/mol. The first kappa shape index (κ1) is 25.1. The maximum atomic E-state index is 12.8. The molecule has 1 amide bonds. The van der Waals surface area contributed by atoms with Crippen LogP contribution in [0, 0.1) is 0 Å². The highest BCUT2D eigenvalue weighted by molar-refractivity contribution is 7.91. The summed E-state index contributed by atoms with van der Waals surface area (Å²) in [6, 6.07) is 12.5. The summed E-state index contributed by atoms with van der Waals surface area (Å²) in [5, 5.41) is 0. The highest BCUT2D eigenvalue weighted by Gasteiger charge is 2.22. The molecular weight excluding hydrogens is 440 g/mol. The highest BCUT2D eigenvalue weighted by atomic mass is 32.2. The number of carbonyl (C=O) groups is 1. The molecule has 2 aromatic carbocycles. The number of carbonyl (C=O) groups excluding carboxylic acids is 1. The van der Waals surface area contributed by atoms with Crippen molar-refractivity contribution in [3.05, 3.63) is 53.6 Å². The Kier molecular flexibility index (Phi) is 8.74. The van der Waals surface area contributed by atoms with Crippen molar-refractivity contribution in [1.82, 2.24) is 9.80 Å². The molecule has 1 heterocycles. The molecule has 0 radical (unpaired) electrons. The molecule has 0 unspecified atom stereocenters. The first-order valence-electron chi connectivity index (χ1n) is 11.3. The van der Waals surface area contributed by atoms with Crippen LogP contribution >= 0.6 is 0 Å². The van der Waals surface area contributed by atoms with Gasteiger partial charge in [0.05, 0.1) is 31.3 Å². The van der Waals surface area contributed by atoms with E-state index in [1.165, 1.54) is 0 Å². The fourth-order valence-corrected chi connectivity index (χ4v) is 5.48. The highest BCUT2D eigenvalue weighted by Crippen LogP contribution is 2.32. The van der Waals surface area contributed by atoms with Crippen LogP contribution in [0.25, 0.3) is 0 Å². The van der Waals surface area contributed by atoms with Crippen LogP contribution < -0.4 is 9.47 Å². The summed E-state index contributed by atoms with van der Waals surface area (Å²) < 4.78 is 35.6. The molecule has 33 heavy (non-hydrogen) atoms. The van der Waals surface area contributed by atoms with Crippen molar-refractivity contribution in [1.29, 1.82) is 0 Å². The second kappa shape index (κ2) is 11.5. The SMILES string of the molecule is COc1cc2c(cc1OC)CC(=O)N(CCCN(C)CCCS(=O)(=O)c1ccccc1)CC2. The van der Waals surface area contributed by atoms with Gasteiger partial charge >= 0.3 is 0 Å². The number of methoxy groups -OCH3 is 2. The van der Waals surface area contributed by atoms with E-state index in [0.29, 0.717) is 48.9 Å². The molecule has 3 rings (SSSR count). The van der Waals surface area contributed by atoms with Crippen LogP contribution in [0.1, 0.15) is 24.0 Å². The normalized spacial score (nSPS) is 14.2. The lowest BCUT2D eigenvalue weighted by atomic mass is 10.0. The number of fused-ring (bicyclic) bond motifs is 1. The van der Waals surface area contributed by atoms with Crippen LogP contribution in [-0.4, -0.2) is 77.3 Å². The Labute approximate surface area is 197 Å². The smallest absolute Gasteiger partial charge is 0.227 e. The van der Waals surface area contributed by atoms with E-state index in [1.807, 2.05) is 30.1 Å². The minimum absolute atomic E-state index is 0.123. The van der Waals surface area contributed by atoms with E-state index in [4.69, 9.17) is 9.47 Å². The lowest BCUT2D eigenvalue weighted by Crippen LogP contribution is -2.35. The van der Waals surface area contributed by atoms with E-state index in [-0.39, 0.29) is 11.7 Å². The Morgan fingerprint density at radius 3 is 2.27 bits per heavy atom. The zero-order valence-electron chi connectivity index (χ0n) is 19.7. The van der Waals surface area contributed by atoms with Gasteiger partial charge in [-0.05, 0) is 74.8 Å². The number of nitrogens with zero attached hydrogens (tertiary/aromatic N) is 2. The topological polar surface area (TPSA) is 76.2 Å². The summed E-state index contributed by atoms with van der Waals surface area (Å²) >= 11 is 0.